The van der Waals surface area contributed by atoms with Crippen molar-refractivity contribution < 1.29 is 9.84 Å². The van der Waals surface area contributed by atoms with E-state index in [2.05, 4.69) is 10.3 Å². The molecule has 2 N–H and O–H groups in total. The molecule has 1 rings (SSSR count). The zero-order chi connectivity index (χ0) is 11.5. The fourth-order valence-corrected chi connectivity index (χ4v) is 1.01. The number of hydrogen-bond donors (Lipinski definition) is 2. The van der Waals surface area contributed by atoms with E-state index in [1.807, 2.05) is 13.0 Å². The number of rotatable bonds is 4. The van der Waals surface area contributed by atoms with Crippen molar-refractivity contribution >= 4 is 5.69 Å². The molecule has 1 unspecified atom stereocenters. The molecule has 1 aromatic rings. The summed E-state index contributed by atoms with van der Waals surface area (Å²) in [6, 6.07) is 3.60. The largest absolute Gasteiger partial charge is 0.481 e. The van der Waals surface area contributed by atoms with Crippen molar-refractivity contribution in [2.45, 2.75) is 32.4 Å². The van der Waals surface area contributed by atoms with Crippen LogP contribution in [0.5, 0.6) is 5.88 Å². The second-order valence-corrected chi connectivity index (χ2v) is 4.11. The van der Waals surface area contributed by atoms with Gasteiger partial charge in [0.2, 0.25) is 5.88 Å². The minimum Gasteiger partial charge on any atom is -0.481 e. The Morgan fingerprint density at radius 3 is 2.53 bits per heavy atom. The van der Waals surface area contributed by atoms with Gasteiger partial charge in [-0.3, -0.25) is 0 Å². The van der Waals surface area contributed by atoms with Crippen LogP contribution in [0, 0.1) is 0 Å². The monoisotopic (exact) mass is 210 g/mol. The predicted octanol–water partition coefficient (Wildman–Crippen LogP) is 1.66. The molecule has 4 nitrogen and oxygen atoms in total. The number of aliphatic hydroxyl groups is 1. The van der Waals surface area contributed by atoms with Crippen LogP contribution < -0.4 is 10.1 Å². The number of nitrogens with one attached hydrogen (secondary N) is 1. The average Bonchev–Trinajstić information content (AvgIpc) is 2.17. The number of ether oxygens (including phenoxy) is 1. The lowest BCUT2D eigenvalue weighted by molar-refractivity contribution is 0.0649. The molecular formula is C11H18N2O2. The molecule has 1 aromatic heterocycles. The van der Waals surface area contributed by atoms with Crippen molar-refractivity contribution in [1.29, 1.82) is 0 Å². The summed E-state index contributed by atoms with van der Waals surface area (Å²) in [4.78, 5) is 4.07. The highest BCUT2D eigenvalue weighted by Crippen LogP contribution is 2.16. The first-order valence-electron chi connectivity index (χ1n) is 4.92. The number of methoxy groups -OCH3 is 1. The number of hydrogen-bond acceptors (Lipinski definition) is 4. The Bertz CT molecular complexity index is 303. The molecule has 15 heavy (non-hydrogen) atoms. The maximum absolute atomic E-state index is 9.74. The molecule has 0 saturated carbocycles. The summed E-state index contributed by atoms with van der Waals surface area (Å²) in [7, 11) is 1.58. The zero-order valence-electron chi connectivity index (χ0n) is 9.61. The molecular weight excluding hydrogens is 192 g/mol. The van der Waals surface area contributed by atoms with Gasteiger partial charge in [-0.25, -0.2) is 4.98 Å². The molecule has 4 heteroatoms. The molecule has 0 aliphatic carbocycles. The molecule has 0 aliphatic heterocycles. The molecule has 0 radical (unpaired) electrons. The maximum atomic E-state index is 9.74. The summed E-state index contributed by atoms with van der Waals surface area (Å²) in [6.07, 6.45) is 1.68. The van der Waals surface area contributed by atoms with Gasteiger partial charge in [0.15, 0.2) is 0 Å². The van der Waals surface area contributed by atoms with Crippen LogP contribution in [-0.4, -0.2) is 28.8 Å². The molecule has 0 fully saturated rings. The van der Waals surface area contributed by atoms with Gasteiger partial charge in [-0.05, 0) is 26.8 Å². The van der Waals surface area contributed by atoms with Crippen LogP contribution in [0.2, 0.25) is 0 Å². The first-order chi connectivity index (χ1) is 6.93. The van der Waals surface area contributed by atoms with E-state index in [9.17, 15) is 5.11 Å². The summed E-state index contributed by atoms with van der Waals surface area (Å²) in [6.45, 7) is 5.45. The van der Waals surface area contributed by atoms with Gasteiger partial charge in [0.05, 0.1) is 30.6 Å². The van der Waals surface area contributed by atoms with E-state index < -0.39 is 5.60 Å². The molecule has 1 atom stereocenters. The minimum atomic E-state index is -0.764. The summed E-state index contributed by atoms with van der Waals surface area (Å²) in [5, 5.41) is 12.9. The van der Waals surface area contributed by atoms with Gasteiger partial charge in [-0.2, -0.15) is 0 Å². The summed E-state index contributed by atoms with van der Waals surface area (Å²) in [5.74, 6) is 0.580. The van der Waals surface area contributed by atoms with E-state index >= 15 is 0 Å². The minimum absolute atomic E-state index is 0.0484. The molecule has 0 saturated heterocycles. The van der Waals surface area contributed by atoms with Crippen molar-refractivity contribution in [3.63, 3.8) is 0 Å². The van der Waals surface area contributed by atoms with Crippen molar-refractivity contribution in [2.24, 2.45) is 0 Å². The third-order valence-corrected chi connectivity index (χ3v) is 2.39. The molecule has 0 amide bonds. The summed E-state index contributed by atoms with van der Waals surface area (Å²) in [5.41, 5.74) is 0.102. The van der Waals surface area contributed by atoms with Gasteiger partial charge >= 0.3 is 0 Å². The lowest BCUT2D eigenvalue weighted by Crippen LogP contribution is -2.39. The van der Waals surface area contributed by atoms with Crippen molar-refractivity contribution in [1.82, 2.24) is 4.98 Å². The predicted molar refractivity (Wildman–Crippen MR) is 60.2 cm³/mol. The topological polar surface area (TPSA) is 54.4 Å². The highest BCUT2D eigenvalue weighted by molar-refractivity contribution is 5.43. The second kappa shape index (κ2) is 4.49. The van der Waals surface area contributed by atoms with Crippen LogP contribution in [0.25, 0.3) is 0 Å². The van der Waals surface area contributed by atoms with E-state index in [1.165, 1.54) is 0 Å². The van der Waals surface area contributed by atoms with Gasteiger partial charge in [-0.15, -0.1) is 0 Å². The van der Waals surface area contributed by atoms with Crippen LogP contribution in [0.3, 0.4) is 0 Å². The normalized spacial score (nSPS) is 13.4. The molecule has 1 heterocycles. The van der Waals surface area contributed by atoms with Gasteiger partial charge in [0.1, 0.15) is 0 Å². The van der Waals surface area contributed by atoms with E-state index in [0.29, 0.717) is 5.88 Å². The lowest BCUT2D eigenvalue weighted by atomic mass is 10.0. The number of nitrogens with zero attached hydrogens (tertiary/aromatic N) is 1. The van der Waals surface area contributed by atoms with E-state index in [4.69, 9.17) is 4.74 Å². The number of pyridine rings is 1. The Labute approximate surface area is 90.3 Å². The van der Waals surface area contributed by atoms with Crippen molar-refractivity contribution in [2.75, 3.05) is 12.4 Å². The van der Waals surface area contributed by atoms with E-state index in [-0.39, 0.29) is 6.04 Å². The first kappa shape index (κ1) is 11.8. The SMILES string of the molecule is COc1ccc(NC(C)C(C)(C)O)cn1. The van der Waals surface area contributed by atoms with Crippen LogP contribution in [0.4, 0.5) is 5.69 Å². The van der Waals surface area contributed by atoms with Crippen LogP contribution in [-0.2, 0) is 0 Å². The van der Waals surface area contributed by atoms with E-state index in [1.54, 1.807) is 33.2 Å². The number of aromatic nitrogens is 1. The van der Waals surface area contributed by atoms with Gasteiger partial charge in [0.25, 0.3) is 0 Å². The Kier molecular flexibility index (Phi) is 3.52. The molecule has 84 valence electrons. The van der Waals surface area contributed by atoms with Crippen molar-refractivity contribution in [3.05, 3.63) is 18.3 Å². The van der Waals surface area contributed by atoms with Gasteiger partial charge in [-0.1, -0.05) is 0 Å². The Hall–Kier alpha value is -1.29. The third kappa shape index (κ3) is 3.40. The van der Waals surface area contributed by atoms with Gasteiger partial charge in [0, 0.05) is 6.07 Å². The zero-order valence-corrected chi connectivity index (χ0v) is 9.61. The molecule has 0 bridgehead atoms. The molecule has 0 spiro atoms. The highest BCUT2D eigenvalue weighted by Gasteiger charge is 2.21. The Morgan fingerprint density at radius 2 is 2.13 bits per heavy atom. The van der Waals surface area contributed by atoms with Crippen LogP contribution in [0.15, 0.2) is 18.3 Å². The Morgan fingerprint density at radius 1 is 1.47 bits per heavy atom. The second-order valence-electron chi connectivity index (χ2n) is 4.11. The summed E-state index contributed by atoms with van der Waals surface area (Å²) < 4.78 is 4.95. The van der Waals surface area contributed by atoms with E-state index in [0.717, 1.165) is 5.69 Å². The first-order valence-corrected chi connectivity index (χ1v) is 4.92. The lowest BCUT2D eigenvalue weighted by Gasteiger charge is -2.27. The van der Waals surface area contributed by atoms with Crippen molar-refractivity contribution in [3.8, 4) is 5.88 Å². The fourth-order valence-electron chi connectivity index (χ4n) is 1.01. The maximum Gasteiger partial charge on any atom is 0.213 e. The van der Waals surface area contributed by atoms with Gasteiger partial charge < -0.3 is 15.2 Å². The molecule has 0 aromatic carbocycles. The average molecular weight is 210 g/mol. The number of anilines is 1. The highest BCUT2D eigenvalue weighted by atomic mass is 16.5. The quantitative estimate of drug-likeness (QED) is 0.793. The summed E-state index contributed by atoms with van der Waals surface area (Å²) >= 11 is 0. The fraction of sp³-hybridized carbons (Fsp3) is 0.545. The van der Waals surface area contributed by atoms with Crippen LogP contribution in [0.1, 0.15) is 20.8 Å². The molecule has 0 aliphatic rings. The standard InChI is InChI=1S/C11H18N2O2/c1-8(11(2,3)14)13-9-5-6-10(15-4)12-7-9/h5-8,13-14H,1-4H3. The Balaban J connectivity index is 2.65. The third-order valence-electron chi connectivity index (χ3n) is 2.39. The smallest absolute Gasteiger partial charge is 0.213 e. The van der Waals surface area contributed by atoms with Crippen LogP contribution >= 0.6 is 0 Å².